The van der Waals surface area contributed by atoms with E-state index in [0.717, 1.165) is 28.2 Å². The quantitative estimate of drug-likeness (QED) is 0.158. The Balaban J connectivity index is 0.000000268. The molecule has 0 radical (unpaired) electrons. The fraction of sp³-hybridized carbons (Fsp3) is 0.532. The van der Waals surface area contributed by atoms with E-state index in [0.29, 0.717) is 28.9 Å². The summed E-state index contributed by atoms with van der Waals surface area (Å²) < 4.78 is 79.2. The smallest absolute Gasteiger partial charge is 0.354 e. The van der Waals surface area contributed by atoms with Crippen molar-refractivity contribution in [1.29, 1.82) is 0 Å². The first-order valence-electron chi connectivity index (χ1n) is 32.7. The first kappa shape index (κ1) is 78.4. The molecule has 2 aliphatic carbocycles. The van der Waals surface area contributed by atoms with Crippen LogP contribution in [0.3, 0.4) is 0 Å². The minimum Gasteiger partial charge on any atom is -0.354 e. The maximum atomic E-state index is 12.6. The van der Waals surface area contributed by atoms with Gasteiger partial charge in [-0.25, -0.2) is 8.78 Å². The normalized spacial score (nSPS) is 12.9. The van der Waals surface area contributed by atoms with Crippen LogP contribution < -0.4 is 0 Å². The third-order valence-electron chi connectivity index (χ3n) is 19.6. The van der Waals surface area contributed by atoms with Gasteiger partial charge in [0.1, 0.15) is 17.3 Å². The first-order valence-corrected chi connectivity index (χ1v) is 32.7. The summed E-state index contributed by atoms with van der Waals surface area (Å²) in [6.45, 7) is 39.7. The van der Waals surface area contributed by atoms with Gasteiger partial charge < -0.3 is 41.1 Å². The van der Waals surface area contributed by atoms with Gasteiger partial charge in [-0.1, -0.05) is 53.4 Å². The van der Waals surface area contributed by atoms with Crippen molar-refractivity contribution < 1.29 is 22.0 Å². The van der Waals surface area contributed by atoms with E-state index in [1.54, 1.807) is 42.8 Å². The SMILES string of the molecule is Cc1c(F)ccn1C.Cc1cc(C(C)C)c(C)n1C.Cc1cc(C)n(C)c1C.Cc1cc(C2CCCC2)c(C)n1C.Cc1cc(F)c(C)n1C.Cc1ccc(C(C)C)n1C.Cc1ccc(C(F)(F)F)n1C.Cc1ccc(C2CCCC2)n1C.Cc1ccn(C)c1C. The van der Waals surface area contributed by atoms with E-state index in [2.05, 4.69) is 228 Å². The van der Waals surface area contributed by atoms with Gasteiger partial charge in [-0.05, 0) is 248 Å². The van der Waals surface area contributed by atoms with E-state index in [1.165, 1.54) is 150 Å². The minimum absolute atomic E-state index is 0.116. The van der Waals surface area contributed by atoms with Gasteiger partial charge in [-0.3, -0.25) is 0 Å². The summed E-state index contributed by atoms with van der Waals surface area (Å²) >= 11 is 0. The van der Waals surface area contributed by atoms with E-state index < -0.39 is 11.9 Å². The lowest BCUT2D eigenvalue weighted by molar-refractivity contribution is -0.143. The number of aryl methyl sites for hydroxylation is 11. The second-order valence-corrected chi connectivity index (χ2v) is 26.3. The summed E-state index contributed by atoms with van der Waals surface area (Å²) in [5, 5.41) is 0. The summed E-state index contributed by atoms with van der Waals surface area (Å²) in [6.07, 6.45) is 10.9. The molecule has 9 nitrogen and oxygen atoms in total. The van der Waals surface area contributed by atoms with Crippen molar-refractivity contribution in [1.82, 2.24) is 41.1 Å². The van der Waals surface area contributed by atoms with Crippen LogP contribution in [0.1, 0.15) is 216 Å². The Morgan fingerprint density at radius 1 is 0.363 bits per heavy atom. The van der Waals surface area contributed by atoms with Crippen molar-refractivity contribution in [3.05, 3.63) is 210 Å². The fourth-order valence-electron chi connectivity index (χ4n) is 11.5. The van der Waals surface area contributed by atoms with Crippen molar-refractivity contribution in [2.45, 2.75) is 213 Å². The van der Waals surface area contributed by atoms with Crippen molar-refractivity contribution >= 4 is 0 Å². The summed E-state index contributed by atoms with van der Waals surface area (Å²) in [6, 6.07) is 23.4. The Hall–Kier alpha value is -6.83. The third-order valence-corrected chi connectivity index (χ3v) is 19.6. The molecule has 9 aromatic heterocycles. The average molecular weight is 1260 g/mol. The van der Waals surface area contributed by atoms with Gasteiger partial charge in [0, 0.05) is 150 Å². The molecule has 0 amide bonds. The summed E-state index contributed by atoms with van der Waals surface area (Å²) in [7, 11) is 17.8. The maximum absolute atomic E-state index is 12.6. The van der Waals surface area contributed by atoms with Gasteiger partial charge in [0.05, 0.1) is 11.4 Å². The molecule has 11 rings (SSSR count). The molecular formula is C77H118F5N9. The van der Waals surface area contributed by atoms with E-state index in [-0.39, 0.29) is 11.6 Å². The molecular weight excluding hydrogens is 1150 g/mol. The molecule has 2 fully saturated rings. The van der Waals surface area contributed by atoms with Crippen molar-refractivity contribution in [3.63, 3.8) is 0 Å². The van der Waals surface area contributed by atoms with Crippen molar-refractivity contribution in [3.8, 4) is 0 Å². The highest BCUT2D eigenvalue weighted by atomic mass is 19.4. The Bertz CT molecular complexity index is 3460. The minimum atomic E-state index is -4.23. The molecule has 0 aromatic carbocycles. The van der Waals surface area contributed by atoms with Crippen LogP contribution in [-0.4, -0.2) is 41.1 Å². The zero-order chi connectivity index (χ0) is 69.3. The largest absolute Gasteiger partial charge is 0.431 e. The van der Waals surface area contributed by atoms with Gasteiger partial charge in [-0.2, -0.15) is 13.2 Å². The Morgan fingerprint density at radius 2 is 0.802 bits per heavy atom. The molecule has 0 unspecified atom stereocenters. The van der Waals surface area contributed by atoms with Gasteiger partial charge in [0.25, 0.3) is 0 Å². The highest BCUT2D eigenvalue weighted by molar-refractivity contribution is 5.31. The molecule has 0 spiro atoms. The van der Waals surface area contributed by atoms with E-state index in [9.17, 15) is 22.0 Å². The predicted molar refractivity (Wildman–Crippen MR) is 375 cm³/mol. The molecule has 9 heterocycles. The lowest BCUT2D eigenvalue weighted by atomic mass is 9.98. The van der Waals surface area contributed by atoms with Crippen LogP contribution in [-0.2, 0) is 69.6 Å². The monoisotopic (exact) mass is 1260 g/mol. The number of nitrogens with zero attached hydrogens (tertiary/aromatic N) is 9. The van der Waals surface area contributed by atoms with Gasteiger partial charge in [-0.15, -0.1) is 0 Å². The molecule has 0 bridgehead atoms. The topological polar surface area (TPSA) is 44.4 Å². The lowest BCUT2D eigenvalue weighted by Crippen LogP contribution is -2.11. The lowest BCUT2D eigenvalue weighted by Gasteiger charge is -2.11. The number of aromatic nitrogens is 9. The van der Waals surface area contributed by atoms with Gasteiger partial charge in [0.2, 0.25) is 0 Å². The molecule has 9 aromatic rings. The Morgan fingerprint density at radius 3 is 1.03 bits per heavy atom. The molecule has 14 heteroatoms. The van der Waals surface area contributed by atoms with Crippen LogP contribution >= 0.6 is 0 Å². The number of hydrogen-bond donors (Lipinski definition) is 0. The second kappa shape index (κ2) is 35.3. The Kier molecular flexibility index (Phi) is 30.4. The summed E-state index contributed by atoms with van der Waals surface area (Å²) in [5.41, 5.74) is 23.6. The highest BCUT2D eigenvalue weighted by Crippen LogP contribution is 2.37. The number of hydrogen-bond acceptors (Lipinski definition) is 0. The number of rotatable bonds is 4. The van der Waals surface area contributed by atoms with Crippen LogP contribution in [0.2, 0.25) is 0 Å². The molecule has 91 heavy (non-hydrogen) atoms. The zero-order valence-corrected chi connectivity index (χ0v) is 61.5. The molecule has 0 atom stereocenters. The molecule has 0 aliphatic heterocycles. The second-order valence-electron chi connectivity index (χ2n) is 26.3. The number of alkyl halides is 3. The first-order chi connectivity index (χ1) is 42.3. The molecule has 506 valence electrons. The molecule has 2 aliphatic rings. The summed E-state index contributed by atoms with van der Waals surface area (Å²) in [4.78, 5) is 0. The van der Waals surface area contributed by atoms with Crippen LogP contribution in [0.25, 0.3) is 0 Å². The van der Waals surface area contributed by atoms with E-state index in [4.69, 9.17) is 0 Å². The van der Waals surface area contributed by atoms with Crippen LogP contribution in [0.4, 0.5) is 22.0 Å². The van der Waals surface area contributed by atoms with E-state index in [1.807, 2.05) is 25.6 Å². The highest BCUT2D eigenvalue weighted by Gasteiger charge is 2.33. The van der Waals surface area contributed by atoms with Crippen molar-refractivity contribution in [2.24, 2.45) is 63.4 Å². The maximum Gasteiger partial charge on any atom is 0.431 e. The fourth-order valence-corrected chi connectivity index (χ4v) is 11.5. The molecule has 2 saturated carbocycles. The van der Waals surface area contributed by atoms with Gasteiger partial charge >= 0.3 is 6.18 Å². The molecule has 0 saturated heterocycles. The third kappa shape index (κ3) is 21.9. The van der Waals surface area contributed by atoms with Crippen LogP contribution in [0.5, 0.6) is 0 Å². The van der Waals surface area contributed by atoms with E-state index >= 15 is 0 Å². The average Bonchev–Trinajstić information content (AvgIpc) is 2.27. The number of halogens is 5. The molecule has 0 N–H and O–H groups in total. The predicted octanol–water partition coefficient (Wildman–Crippen LogP) is 20.7. The standard InChI is InChI=1S/C12H19N.C11H17N.C10H17N.C9H15N.C8H13N.C7H8F3N.C7H10FN.C7H11N.C6H8FN/c1-9-8-12(10(2)13(9)3)11-6-4-5-7-11;1-9-7-8-11(12(9)2)10-5-3-4-6-10;1-7(2)10-6-8(3)11(5)9(10)4;1-7(2)9-6-5-8(3)10(9)4;1-6-5-7(2)9(4)8(6)3;1-5-3-4-6(11(5)2)7(8,9)10;1-5-4-7(8)6(2)9(5)3;1-6-4-5-8(3)7(6)2;1-5-6(7)3-4-8(5)2/h8,11H,4-7H2,1-3H3;7-8,10H,3-6H2,1-2H3;6-7H,1-5H3;5-7H,1-4H3;5H,1-4H3;3-4H,1-2H3;4H,1-3H3;4-5H,1-3H3;3-4H,1-2H3. The Labute approximate surface area is 546 Å². The van der Waals surface area contributed by atoms with Crippen LogP contribution in [0.15, 0.2) is 85.2 Å². The van der Waals surface area contributed by atoms with Gasteiger partial charge in [0.15, 0.2) is 0 Å². The van der Waals surface area contributed by atoms with Crippen LogP contribution in [0, 0.1) is 115 Å². The van der Waals surface area contributed by atoms with Crippen molar-refractivity contribution in [2.75, 3.05) is 0 Å². The zero-order valence-electron chi connectivity index (χ0n) is 61.5. The summed E-state index contributed by atoms with van der Waals surface area (Å²) in [5.74, 6) is 2.75.